The quantitative estimate of drug-likeness (QED) is 0.872. The van der Waals surface area contributed by atoms with Crippen molar-refractivity contribution in [3.8, 4) is 0 Å². The first-order valence-electron chi connectivity index (χ1n) is 6.34. The molecule has 0 radical (unpaired) electrons. The van der Waals surface area contributed by atoms with Crippen molar-refractivity contribution in [2.45, 2.75) is 19.0 Å². The summed E-state index contributed by atoms with van der Waals surface area (Å²) in [4.78, 5) is 2.19. The van der Waals surface area contributed by atoms with Crippen LogP contribution >= 0.6 is 0 Å². The van der Waals surface area contributed by atoms with Gasteiger partial charge in [-0.25, -0.2) is 4.72 Å². The number of hydrogen-bond acceptors (Lipinski definition) is 3. The van der Waals surface area contributed by atoms with Gasteiger partial charge in [0.1, 0.15) is 0 Å². The standard InChI is InChI=1S/C13H21N3O2S/c1-15(2)19(17,18)14-9-13-8-11-6-4-5-7-12(11)10-16(13)3/h4-7,13-14H,8-10H2,1-3H3. The molecule has 1 aromatic rings. The summed E-state index contributed by atoms with van der Waals surface area (Å²) in [6.07, 6.45) is 0.878. The van der Waals surface area contributed by atoms with E-state index in [0.717, 1.165) is 13.0 Å². The van der Waals surface area contributed by atoms with Crippen LogP contribution in [-0.2, 0) is 23.2 Å². The van der Waals surface area contributed by atoms with Gasteiger partial charge in [0, 0.05) is 33.2 Å². The second-order valence-corrected chi connectivity index (χ2v) is 7.15. The van der Waals surface area contributed by atoms with Gasteiger partial charge in [0.2, 0.25) is 0 Å². The molecule has 0 saturated heterocycles. The van der Waals surface area contributed by atoms with Crippen LogP contribution in [0.1, 0.15) is 11.1 Å². The minimum atomic E-state index is -3.34. The second kappa shape index (κ2) is 5.58. The Morgan fingerprint density at radius 2 is 1.95 bits per heavy atom. The third-order valence-corrected chi connectivity index (χ3v) is 5.09. The van der Waals surface area contributed by atoms with E-state index in [1.165, 1.54) is 29.5 Å². The summed E-state index contributed by atoms with van der Waals surface area (Å²) < 4.78 is 27.3. The van der Waals surface area contributed by atoms with E-state index >= 15 is 0 Å². The minimum Gasteiger partial charge on any atom is -0.298 e. The maximum Gasteiger partial charge on any atom is 0.278 e. The lowest BCUT2D eigenvalue weighted by Gasteiger charge is -2.34. The monoisotopic (exact) mass is 283 g/mol. The second-order valence-electron chi connectivity index (χ2n) is 5.18. The van der Waals surface area contributed by atoms with Crippen LogP contribution in [0, 0.1) is 0 Å². The van der Waals surface area contributed by atoms with Crippen LogP contribution in [0.3, 0.4) is 0 Å². The van der Waals surface area contributed by atoms with Crippen LogP contribution in [0.4, 0.5) is 0 Å². The van der Waals surface area contributed by atoms with Gasteiger partial charge in [-0.2, -0.15) is 12.7 Å². The Kier molecular flexibility index (Phi) is 4.25. The largest absolute Gasteiger partial charge is 0.298 e. The molecule has 1 heterocycles. The number of likely N-dealkylation sites (N-methyl/N-ethyl adjacent to an activating group) is 1. The van der Waals surface area contributed by atoms with Gasteiger partial charge in [-0.1, -0.05) is 24.3 Å². The zero-order valence-electron chi connectivity index (χ0n) is 11.6. The van der Waals surface area contributed by atoms with Gasteiger partial charge in [-0.3, -0.25) is 4.90 Å². The van der Waals surface area contributed by atoms with E-state index in [1.54, 1.807) is 0 Å². The highest BCUT2D eigenvalue weighted by Crippen LogP contribution is 2.21. The van der Waals surface area contributed by atoms with Gasteiger partial charge in [0.25, 0.3) is 10.2 Å². The fraction of sp³-hybridized carbons (Fsp3) is 0.538. The molecule has 19 heavy (non-hydrogen) atoms. The van der Waals surface area contributed by atoms with Crippen LogP contribution in [-0.4, -0.2) is 51.4 Å². The summed E-state index contributed by atoms with van der Waals surface area (Å²) in [5.41, 5.74) is 2.64. The molecule has 106 valence electrons. The molecule has 1 atom stereocenters. The number of benzene rings is 1. The SMILES string of the molecule is CN1Cc2ccccc2CC1CNS(=O)(=O)N(C)C. The minimum absolute atomic E-state index is 0.199. The molecular formula is C13H21N3O2S. The highest BCUT2D eigenvalue weighted by molar-refractivity contribution is 7.87. The molecule has 1 unspecified atom stereocenters. The summed E-state index contributed by atoms with van der Waals surface area (Å²) in [6, 6.07) is 8.53. The van der Waals surface area contributed by atoms with Gasteiger partial charge < -0.3 is 0 Å². The predicted molar refractivity (Wildman–Crippen MR) is 76.0 cm³/mol. The third kappa shape index (κ3) is 3.33. The molecule has 0 fully saturated rings. The van der Waals surface area contributed by atoms with Crippen molar-refractivity contribution in [1.29, 1.82) is 0 Å². The van der Waals surface area contributed by atoms with E-state index in [9.17, 15) is 8.42 Å². The van der Waals surface area contributed by atoms with Crippen LogP contribution < -0.4 is 4.72 Å². The molecule has 0 saturated carbocycles. The smallest absolute Gasteiger partial charge is 0.278 e. The Morgan fingerprint density at radius 1 is 1.32 bits per heavy atom. The first-order valence-corrected chi connectivity index (χ1v) is 7.78. The van der Waals surface area contributed by atoms with Gasteiger partial charge >= 0.3 is 0 Å². The fourth-order valence-corrected chi connectivity index (χ4v) is 2.94. The maximum absolute atomic E-state index is 11.7. The fourth-order valence-electron chi connectivity index (χ4n) is 2.28. The first-order chi connectivity index (χ1) is 8.90. The average Bonchev–Trinajstić information content (AvgIpc) is 2.36. The van der Waals surface area contributed by atoms with Crippen molar-refractivity contribution in [2.24, 2.45) is 0 Å². The van der Waals surface area contributed by atoms with E-state index in [0.29, 0.717) is 6.54 Å². The Labute approximate surface area is 115 Å². The zero-order valence-corrected chi connectivity index (χ0v) is 12.4. The van der Waals surface area contributed by atoms with Crippen molar-refractivity contribution < 1.29 is 8.42 Å². The van der Waals surface area contributed by atoms with Crippen molar-refractivity contribution in [3.05, 3.63) is 35.4 Å². The van der Waals surface area contributed by atoms with E-state index < -0.39 is 10.2 Å². The van der Waals surface area contributed by atoms with E-state index in [4.69, 9.17) is 0 Å². The summed E-state index contributed by atoms with van der Waals surface area (Å²) >= 11 is 0. The molecule has 1 aromatic carbocycles. The lowest BCUT2D eigenvalue weighted by atomic mass is 9.95. The molecule has 0 amide bonds. The Balaban J connectivity index is 2.04. The van der Waals surface area contributed by atoms with E-state index in [2.05, 4.69) is 21.8 Å². The van der Waals surface area contributed by atoms with Crippen molar-refractivity contribution in [3.63, 3.8) is 0 Å². The van der Waals surface area contributed by atoms with Crippen molar-refractivity contribution in [2.75, 3.05) is 27.7 Å². The van der Waals surface area contributed by atoms with Gasteiger partial charge in [0.15, 0.2) is 0 Å². The zero-order chi connectivity index (χ0) is 14.0. The number of nitrogens with zero attached hydrogens (tertiary/aromatic N) is 2. The van der Waals surface area contributed by atoms with Gasteiger partial charge in [-0.05, 0) is 24.6 Å². The summed E-state index contributed by atoms with van der Waals surface area (Å²) in [5, 5.41) is 0. The molecule has 0 bridgehead atoms. The number of fused-ring (bicyclic) bond motifs is 1. The predicted octanol–water partition coefficient (Wildman–Crippen LogP) is 0.439. The molecule has 1 aliphatic heterocycles. The number of rotatable bonds is 4. The van der Waals surface area contributed by atoms with Crippen LogP contribution in [0.2, 0.25) is 0 Å². The molecule has 0 aromatic heterocycles. The van der Waals surface area contributed by atoms with E-state index in [1.807, 2.05) is 19.2 Å². The Bertz CT molecular complexity index is 543. The lowest BCUT2D eigenvalue weighted by Crippen LogP contribution is -2.47. The maximum atomic E-state index is 11.7. The average molecular weight is 283 g/mol. The first kappa shape index (κ1) is 14.5. The van der Waals surface area contributed by atoms with Crippen LogP contribution in [0.25, 0.3) is 0 Å². The molecule has 1 N–H and O–H groups in total. The summed E-state index contributed by atoms with van der Waals surface area (Å²) in [6.45, 7) is 1.30. The summed E-state index contributed by atoms with van der Waals surface area (Å²) in [5.74, 6) is 0. The van der Waals surface area contributed by atoms with Crippen molar-refractivity contribution in [1.82, 2.24) is 13.9 Å². The highest BCUT2D eigenvalue weighted by Gasteiger charge is 2.24. The molecule has 5 nitrogen and oxygen atoms in total. The molecular weight excluding hydrogens is 262 g/mol. The van der Waals surface area contributed by atoms with Gasteiger partial charge in [0.05, 0.1) is 0 Å². The van der Waals surface area contributed by atoms with Crippen LogP contribution in [0.5, 0.6) is 0 Å². The molecule has 1 aliphatic rings. The number of nitrogens with one attached hydrogen (secondary N) is 1. The molecule has 0 spiro atoms. The highest BCUT2D eigenvalue weighted by atomic mass is 32.2. The molecule has 2 rings (SSSR count). The Morgan fingerprint density at radius 3 is 2.58 bits per heavy atom. The Hall–Kier alpha value is -0.950. The van der Waals surface area contributed by atoms with E-state index in [-0.39, 0.29) is 6.04 Å². The normalized spacial score (nSPS) is 20.5. The number of hydrogen-bond donors (Lipinski definition) is 1. The van der Waals surface area contributed by atoms with Crippen LogP contribution in [0.15, 0.2) is 24.3 Å². The third-order valence-electron chi connectivity index (χ3n) is 3.60. The van der Waals surface area contributed by atoms with Gasteiger partial charge in [-0.15, -0.1) is 0 Å². The van der Waals surface area contributed by atoms with Crippen molar-refractivity contribution >= 4 is 10.2 Å². The molecule has 0 aliphatic carbocycles. The topological polar surface area (TPSA) is 52.7 Å². The molecule has 6 heteroatoms. The lowest BCUT2D eigenvalue weighted by molar-refractivity contribution is 0.216. The summed E-state index contributed by atoms with van der Waals surface area (Å²) in [7, 11) is 1.75.